The summed E-state index contributed by atoms with van der Waals surface area (Å²) in [5, 5.41) is 10.5. The molecule has 6 rings (SSSR count). The van der Waals surface area contributed by atoms with E-state index in [0.29, 0.717) is 30.6 Å². The number of aliphatic hydroxyl groups excluding tert-OH is 1. The molecule has 196 valence electrons. The van der Waals surface area contributed by atoms with Gasteiger partial charge in [-0.1, -0.05) is 42.0 Å². The highest BCUT2D eigenvalue weighted by Crippen LogP contribution is 2.52. The molecule has 4 aliphatic rings. The maximum Gasteiger partial charge on any atom is 0.123 e. The Morgan fingerprint density at radius 2 is 1.59 bits per heavy atom. The van der Waals surface area contributed by atoms with Gasteiger partial charge in [0.25, 0.3) is 0 Å². The summed E-state index contributed by atoms with van der Waals surface area (Å²) < 4.78 is 27.5. The molecule has 1 aliphatic heterocycles. The van der Waals surface area contributed by atoms with E-state index in [4.69, 9.17) is 0 Å². The van der Waals surface area contributed by atoms with Crippen LogP contribution in [0.2, 0.25) is 0 Å². The van der Waals surface area contributed by atoms with E-state index in [0.717, 1.165) is 64.1 Å². The minimum Gasteiger partial charge on any atom is -0.388 e. The molecule has 4 unspecified atom stereocenters. The maximum atomic E-state index is 14.4. The minimum atomic E-state index is -0.551. The molecule has 1 N–H and O–H groups in total. The second kappa shape index (κ2) is 10.8. The number of aliphatic hydroxyl groups is 1. The van der Waals surface area contributed by atoms with E-state index in [2.05, 4.69) is 34.1 Å². The van der Waals surface area contributed by atoms with Gasteiger partial charge in [-0.2, -0.15) is 0 Å². The predicted octanol–water partition coefficient (Wildman–Crippen LogP) is 6.18. The highest BCUT2D eigenvalue weighted by atomic mass is 19.1. The number of piperazine rings is 1. The zero-order valence-electron chi connectivity index (χ0n) is 21.6. The molecule has 0 radical (unpaired) electrons. The third-order valence-corrected chi connectivity index (χ3v) is 9.26. The van der Waals surface area contributed by atoms with Crippen LogP contribution in [0, 0.1) is 17.7 Å². The number of hydrogen-bond acceptors (Lipinski definition) is 3. The lowest BCUT2D eigenvalue weighted by molar-refractivity contribution is 0.0945. The van der Waals surface area contributed by atoms with Crippen molar-refractivity contribution in [3.05, 3.63) is 94.1 Å². The van der Waals surface area contributed by atoms with Crippen LogP contribution < -0.4 is 0 Å². The lowest BCUT2D eigenvalue weighted by Crippen LogP contribution is -2.47. The molecule has 0 amide bonds. The summed E-state index contributed by atoms with van der Waals surface area (Å²) in [4.78, 5) is 5.05. The molecule has 0 spiro atoms. The monoisotopic (exact) mass is 504 g/mol. The molecule has 2 aromatic carbocycles. The number of hydrogen-bond donors (Lipinski definition) is 1. The standard InChI is InChI=1S/C32H38F2N2O/c33-26-8-5-23(6-9-26)32(37)11-12-35-13-15-36(16-14-35)21-22-17-30-28-4-2-1-3-24(28)19-25-7-10-27(34)20-29(25)31(30)18-22/h1-6,8-9,20,22,30-32,37H,7,10-19,21H2. The lowest BCUT2D eigenvalue weighted by Gasteiger charge is -2.36. The SMILES string of the molecule is OC(CCN1CCN(CC2CC3C4=C(CCC(F)=C4)Cc4ccccc4C3C2)CC1)c1ccc(F)cc1. The average molecular weight is 505 g/mol. The van der Waals surface area contributed by atoms with Crippen molar-refractivity contribution < 1.29 is 13.9 Å². The largest absolute Gasteiger partial charge is 0.388 e. The Labute approximate surface area is 219 Å². The van der Waals surface area contributed by atoms with Crippen LogP contribution in [-0.4, -0.2) is 54.2 Å². The van der Waals surface area contributed by atoms with E-state index in [1.54, 1.807) is 12.1 Å². The van der Waals surface area contributed by atoms with E-state index in [1.165, 1.54) is 40.8 Å². The number of rotatable bonds is 6. The van der Waals surface area contributed by atoms with Crippen molar-refractivity contribution in [1.29, 1.82) is 0 Å². The van der Waals surface area contributed by atoms with Gasteiger partial charge in [0.2, 0.25) is 0 Å². The molecule has 3 aliphatic carbocycles. The summed E-state index contributed by atoms with van der Waals surface area (Å²) >= 11 is 0. The van der Waals surface area contributed by atoms with Crippen molar-refractivity contribution in [2.45, 2.75) is 50.5 Å². The normalized spacial score (nSPS) is 27.2. The first kappa shape index (κ1) is 25.0. The fraction of sp³-hybridized carbons (Fsp3) is 0.500. The van der Waals surface area contributed by atoms with Gasteiger partial charge in [-0.25, -0.2) is 8.78 Å². The fourth-order valence-electron chi connectivity index (χ4n) is 7.30. The first-order chi connectivity index (χ1) is 18.0. The average Bonchev–Trinajstić information content (AvgIpc) is 3.28. The van der Waals surface area contributed by atoms with Gasteiger partial charge in [0, 0.05) is 45.7 Å². The molecule has 4 atom stereocenters. The van der Waals surface area contributed by atoms with Gasteiger partial charge in [0.1, 0.15) is 11.6 Å². The number of nitrogens with zero attached hydrogens (tertiary/aromatic N) is 2. The molecule has 2 fully saturated rings. The third kappa shape index (κ3) is 5.45. The Morgan fingerprint density at radius 1 is 0.865 bits per heavy atom. The molecule has 1 saturated carbocycles. The molecular weight excluding hydrogens is 466 g/mol. The molecule has 0 bridgehead atoms. The number of halogens is 2. The van der Waals surface area contributed by atoms with Crippen LogP contribution in [0.4, 0.5) is 8.78 Å². The van der Waals surface area contributed by atoms with E-state index in [9.17, 15) is 13.9 Å². The zero-order valence-corrected chi connectivity index (χ0v) is 21.6. The smallest absolute Gasteiger partial charge is 0.123 e. The fourth-order valence-corrected chi connectivity index (χ4v) is 7.30. The van der Waals surface area contributed by atoms with Crippen LogP contribution in [0.1, 0.15) is 60.8 Å². The summed E-state index contributed by atoms with van der Waals surface area (Å²) in [6.45, 7) is 6.11. The zero-order chi connectivity index (χ0) is 25.4. The van der Waals surface area contributed by atoms with Gasteiger partial charge < -0.3 is 14.9 Å². The van der Waals surface area contributed by atoms with Crippen molar-refractivity contribution >= 4 is 0 Å². The van der Waals surface area contributed by atoms with Crippen LogP contribution in [0.25, 0.3) is 0 Å². The van der Waals surface area contributed by atoms with Gasteiger partial charge >= 0.3 is 0 Å². The van der Waals surface area contributed by atoms with Gasteiger partial charge in [-0.05, 0) is 90.3 Å². The van der Waals surface area contributed by atoms with Gasteiger partial charge in [-0.15, -0.1) is 0 Å². The van der Waals surface area contributed by atoms with Crippen LogP contribution in [0.5, 0.6) is 0 Å². The first-order valence-corrected chi connectivity index (χ1v) is 14.1. The Balaban J connectivity index is 1.05. The molecule has 3 nitrogen and oxygen atoms in total. The van der Waals surface area contributed by atoms with E-state index >= 15 is 0 Å². The van der Waals surface area contributed by atoms with Gasteiger partial charge in [0.15, 0.2) is 0 Å². The predicted molar refractivity (Wildman–Crippen MR) is 143 cm³/mol. The van der Waals surface area contributed by atoms with Crippen LogP contribution >= 0.6 is 0 Å². The molecule has 5 heteroatoms. The van der Waals surface area contributed by atoms with Crippen molar-refractivity contribution in [2.75, 3.05) is 39.3 Å². The summed E-state index contributed by atoms with van der Waals surface area (Å²) in [6, 6.07) is 15.1. The Bertz CT molecular complexity index is 1170. The third-order valence-electron chi connectivity index (χ3n) is 9.26. The van der Waals surface area contributed by atoms with Crippen molar-refractivity contribution in [3.63, 3.8) is 0 Å². The van der Waals surface area contributed by atoms with Crippen molar-refractivity contribution in [2.24, 2.45) is 11.8 Å². The van der Waals surface area contributed by atoms with Crippen molar-refractivity contribution in [3.8, 4) is 0 Å². The second-order valence-electron chi connectivity index (χ2n) is 11.6. The summed E-state index contributed by atoms with van der Waals surface area (Å²) in [6.07, 6.45) is 6.78. The highest BCUT2D eigenvalue weighted by Gasteiger charge is 2.41. The maximum absolute atomic E-state index is 14.4. The number of fused-ring (bicyclic) bond motifs is 4. The quantitative estimate of drug-likeness (QED) is 0.509. The minimum absolute atomic E-state index is 0.0626. The highest BCUT2D eigenvalue weighted by molar-refractivity contribution is 5.46. The summed E-state index contributed by atoms with van der Waals surface area (Å²) in [5.41, 5.74) is 6.53. The van der Waals surface area contributed by atoms with E-state index in [-0.39, 0.29) is 11.6 Å². The van der Waals surface area contributed by atoms with Gasteiger partial charge in [-0.3, -0.25) is 0 Å². The summed E-state index contributed by atoms with van der Waals surface area (Å²) in [5.74, 6) is 1.38. The van der Waals surface area contributed by atoms with E-state index < -0.39 is 6.10 Å². The van der Waals surface area contributed by atoms with Crippen LogP contribution in [0.3, 0.4) is 0 Å². The lowest BCUT2D eigenvalue weighted by atomic mass is 9.81. The van der Waals surface area contributed by atoms with Crippen LogP contribution in [0.15, 0.2) is 71.6 Å². The van der Waals surface area contributed by atoms with E-state index in [1.807, 2.05) is 6.08 Å². The second-order valence-corrected chi connectivity index (χ2v) is 11.6. The molecule has 2 aromatic rings. The Morgan fingerprint density at radius 3 is 2.41 bits per heavy atom. The molecule has 37 heavy (non-hydrogen) atoms. The van der Waals surface area contributed by atoms with Gasteiger partial charge in [0.05, 0.1) is 6.10 Å². The Hall–Kier alpha value is -2.34. The van der Waals surface area contributed by atoms with Crippen LogP contribution in [-0.2, 0) is 6.42 Å². The number of allylic oxidation sites excluding steroid dienone is 4. The molecule has 1 heterocycles. The molecular formula is C32H38F2N2O. The van der Waals surface area contributed by atoms with Crippen molar-refractivity contribution in [1.82, 2.24) is 9.80 Å². The topological polar surface area (TPSA) is 26.7 Å². The summed E-state index contributed by atoms with van der Waals surface area (Å²) in [7, 11) is 0. The molecule has 1 saturated heterocycles. The Kier molecular flexibility index (Phi) is 7.29. The molecule has 0 aromatic heterocycles. The first-order valence-electron chi connectivity index (χ1n) is 14.1. The number of benzene rings is 2.